The van der Waals surface area contributed by atoms with Crippen LogP contribution in [0.3, 0.4) is 0 Å². The van der Waals surface area contributed by atoms with Gasteiger partial charge in [0.2, 0.25) is 0 Å². The molecule has 0 fully saturated rings. The molecule has 0 bridgehead atoms. The number of phenols is 2. The van der Waals surface area contributed by atoms with E-state index >= 15 is 0 Å². The van der Waals surface area contributed by atoms with Crippen LogP contribution in [0.5, 0.6) is 11.5 Å². The van der Waals surface area contributed by atoms with Gasteiger partial charge in [-0.25, -0.2) is 0 Å². The molecule has 0 aliphatic heterocycles. The summed E-state index contributed by atoms with van der Waals surface area (Å²) in [6.45, 7) is 23.7. The first kappa shape index (κ1) is 34.5. The van der Waals surface area contributed by atoms with E-state index in [-0.39, 0.29) is 61.4 Å². The summed E-state index contributed by atoms with van der Waals surface area (Å²) < 4.78 is 0. The number of aromatic carboxylic acids is 2. The van der Waals surface area contributed by atoms with Crippen LogP contribution in [0.4, 0.5) is 0 Å². The van der Waals surface area contributed by atoms with Crippen LogP contribution in [0.25, 0.3) is 0 Å². The fraction of sp³-hybridized carbons (Fsp3) is 0.533. The molecular weight excluding hydrogens is 511 g/mol. The summed E-state index contributed by atoms with van der Waals surface area (Å²) >= 11 is 0. The van der Waals surface area contributed by atoms with Crippen LogP contribution in [-0.4, -0.2) is 22.2 Å². The molecule has 0 aliphatic carbocycles. The molecule has 0 spiro atoms. The van der Waals surface area contributed by atoms with Crippen LogP contribution in [0.1, 0.15) is 126 Å². The number of benzene rings is 2. The molecule has 7 heteroatoms. The molecule has 2 aromatic carbocycles. The van der Waals surface area contributed by atoms with Crippen LogP contribution in [0.15, 0.2) is 24.3 Å². The van der Waals surface area contributed by atoms with E-state index in [0.29, 0.717) is 11.1 Å². The van der Waals surface area contributed by atoms with Crippen molar-refractivity contribution in [3.63, 3.8) is 0 Å². The number of carboxylic acids is 2. The predicted molar refractivity (Wildman–Crippen MR) is 140 cm³/mol. The van der Waals surface area contributed by atoms with Gasteiger partial charge in [0.25, 0.3) is 0 Å². The van der Waals surface area contributed by atoms with Crippen molar-refractivity contribution < 1.29 is 47.1 Å². The van der Waals surface area contributed by atoms with Gasteiger partial charge in [0, 0.05) is 22.3 Å². The Balaban J connectivity index is 0.000000682. The molecule has 37 heavy (non-hydrogen) atoms. The largest absolute Gasteiger partial charge is 2.00 e. The molecule has 0 aliphatic rings. The number of hydrogen-bond donors (Lipinski definition) is 2. The Labute approximate surface area is 232 Å². The summed E-state index contributed by atoms with van der Waals surface area (Å²) in [7, 11) is 0. The van der Waals surface area contributed by atoms with Gasteiger partial charge in [-0.05, 0) is 44.9 Å². The molecule has 0 unspecified atom stereocenters. The van der Waals surface area contributed by atoms with Gasteiger partial charge in [-0.2, -0.15) is 0 Å². The second-order valence-corrected chi connectivity index (χ2v) is 13.4. The molecule has 0 saturated heterocycles. The van der Waals surface area contributed by atoms with Gasteiger partial charge in [-0.15, -0.1) is 0 Å². The van der Waals surface area contributed by atoms with Crippen LogP contribution >= 0.6 is 0 Å². The van der Waals surface area contributed by atoms with Crippen molar-refractivity contribution in [1.29, 1.82) is 0 Å². The van der Waals surface area contributed by atoms with E-state index in [1.165, 1.54) is 12.1 Å². The zero-order valence-corrected chi connectivity index (χ0v) is 25.4. The van der Waals surface area contributed by atoms with Crippen LogP contribution in [0, 0.1) is 0 Å². The maximum Gasteiger partial charge on any atom is 2.00 e. The van der Waals surface area contributed by atoms with E-state index in [2.05, 4.69) is 0 Å². The number of carbonyl (C=O) groups excluding carboxylic acids is 2. The molecule has 2 aromatic rings. The maximum absolute atomic E-state index is 11.1. The molecule has 0 heterocycles. The van der Waals surface area contributed by atoms with Crippen molar-refractivity contribution in [3.8, 4) is 11.5 Å². The van der Waals surface area contributed by atoms with E-state index in [0.717, 1.165) is 11.1 Å². The van der Waals surface area contributed by atoms with Gasteiger partial charge < -0.3 is 30.0 Å². The molecule has 0 amide bonds. The topological polar surface area (TPSA) is 121 Å². The summed E-state index contributed by atoms with van der Waals surface area (Å²) in [4.78, 5) is 22.2. The summed E-state index contributed by atoms with van der Waals surface area (Å²) in [5, 5.41) is 42.3. The SMILES string of the molecule is CC(C)(C)c1cc(C(=O)[O-])c(O)c(C(C)(C)C)c1.CC(C)(C)c1cc(C(=O)[O-])c(O)c(C(C)(C)C)c1.[Mn+2]. The van der Waals surface area contributed by atoms with Gasteiger partial charge in [-0.1, -0.05) is 95.2 Å². The monoisotopic (exact) mass is 553 g/mol. The fourth-order valence-electron chi connectivity index (χ4n) is 3.59. The first-order chi connectivity index (χ1) is 15.9. The molecule has 0 saturated carbocycles. The zero-order valence-electron chi connectivity index (χ0n) is 24.2. The molecular formula is C30H42MnO6. The van der Waals surface area contributed by atoms with E-state index in [1.54, 1.807) is 0 Å². The number of hydrogen-bond acceptors (Lipinski definition) is 6. The van der Waals surface area contributed by atoms with Gasteiger partial charge in [-0.3, -0.25) is 0 Å². The molecule has 6 nitrogen and oxygen atoms in total. The summed E-state index contributed by atoms with van der Waals surface area (Å²) in [5.41, 5.74) is 1.75. The third kappa shape index (κ3) is 8.79. The second-order valence-electron chi connectivity index (χ2n) is 13.4. The minimum Gasteiger partial charge on any atom is -0.545 e. The van der Waals surface area contributed by atoms with Crippen LogP contribution < -0.4 is 10.2 Å². The van der Waals surface area contributed by atoms with Crippen molar-refractivity contribution in [3.05, 3.63) is 57.6 Å². The summed E-state index contributed by atoms with van der Waals surface area (Å²) in [6, 6.07) is 6.75. The first-order valence-corrected chi connectivity index (χ1v) is 12.1. The number of rotatable bonds is 2. The van der Waals surface area contributed by atoms with Crippen LogP contribution in [0.2, 0.25) is 0 Å². The Morgan fingerprint density at radius 1 is 0.541 bits per heavy atom. The zero-order chi connectivity index (χ0) is 28.6. The van der Waals surface area contributed by atoms with Crippen molar-refractivity contribution in [2.24, 2.45) is 0 Å². The molecule has 0 atom stereocenters. The third-order valence-corrected chi connectivity index (χ3v) is 6.01. The quantitative estimate of drug-likeness (QED) is 0.520. The average Bonchev–Trinajstić information content (AvgIpc) is 2.64. The molecule has 1 radical (unpaired) electrons. The van der Waals surface area contributed by atoms with E-state index in [4.69, 9.17) is 0 Å². The molecule has 0 aromatic heterocycles. The van der Waals surface area contributed by atoms with E-state index < -0.39 is 11.9 Å². The fourth-order valence-corrected chi connectivity index (χ4v) is 3.59. The van der Waals surface area contributed by atoms with Crippen LogP contribution in [-0.2, 0) is 38.7 Å². The Morgan fingerprint density at radius 2 is 0.784 bits per heavy atom. The summed E-state index contributed by atoms with van der Waals surface area (Å²) in [6.07, 6.45) is 0. The molecule has 2 N–H and O–H groups in total. The summed E-state index contributed by atoms with van der Waals surface area (Å²) in [5.74, 6) is -3.06. The Hall–Kier alpha value is -2.50. The maximum atomic E-state index is 11.1. The van der Waals surface area contributed by atoms with Crippen molar-refractivity contribution in [2.75, 3.05) is 0 Å². The predicted octanol–water partition coefficient (Wildman–Crippen LogP) is 4.70. The Morgan fingerprint density at radius 3 is 0.946 bits per heavy atom. The normalized spacial score (nSPS) is 12.2. The van der Waals surface area contributed by atoms with E-state index in [9.17, 15) is 30.0 Å². The average molecular weight is 554 g/mol. The molecule has 2 rings (SSSR count). The van der Waals surface area contributed by atoms with Gasteiger partial charge in [0.15, 0.2) is 0 Å². The van der Waals surface area contributed by atoms with Gasteiger partial charge in [0.1, 0.15) is 11.5 Å². The standard InChI is InChI=1S/2C15H22O3.Mn/c2*1-14(2,3)9-7-10(13(17)18)12(16)11(8-9)15(4,5)6;/h2*7-8,16H,1-6H3,(H,17,18);/q;;+2/p-2. The minimum absolute atomic E-state index is 0. The molecule has 205 valence electrons. The number of carbonyl (C=O) groups is 2. The van der Waals surface area contributed by atoms with Crippen molar-refractivity contribution >= 4 is 11.9 Å². The van der Waals surface area contributed by atoms with Gasteiger partial charge in [0.05, 0.1) is 11.9 Å². The Kier molecular flexibility index (Phi) is 10.7. The number of aromatic hydroxyl groups is 2. The van der Waals surface area contributed by atoms with Gasteiger partial charge >= 0.3 is 17.1 Å². The van der Waals surface area contributed by atoms with Crippen molar-refractivity contribution in [2.45, 2.75) is 105 Å². The van der Waals surface area contributed by atoms with Crippen molar-refractivity contribution in [1.82, 2.24) is 0 Å². The van der Waals surface area contributed by atoms with E-state index in [1.807, 2.05) is 95.2 Å². The minimum atomic E-state index is -1.34. The smallest absolute Gasteiger partial charge is 0.545 e. The third-order valence-electron chi connectivity index (χ3n) is 6.01. The number of carboxylic acid groups (broad SMARTS) is 2. The first-order valence-electron chi connectivity index (χ1n) is 12.1. The second kappa shape index (κ2) is 11.5. The Bertz CT molecular complexity index is 1050.